The summed E-state index contributed by atoms with van der Waals surface area (Å²) in [7, 11) is -3.51. The summed E-state index contributed by atoms with van der Waals surface area (Å²) in [6.45, 7) is 5.10. The first kappa shape index (κ1) is 18.9. The summed E-state index contributed by atoms with van der Waals surface area (Å²) in [5, 5.41) is 3.16. The van der Waals surface area contributed by atoms with Crippen LogP contribution < -0.4 is 5.32 Å². The van der Waals surface area contributed by atoms with Gasteiger partial charge in [0.25, 0.3) is 5.91 Å². The minimum absolute atomic E-state index is 0.131. The molecule has 6 heteroatoms. The summed E-state index contributed by atoms with van der Waals surface area (Å²) in [5.74, 6) is 1.99. The molecule has 2 aliphatic carbocycles. The molecule has 2 saturated carbocycles. The van der Waals surface area contributed by atoms with Crippen LogP contribution in [0.5, 0.6) is 0 Å². The quantitative estimate of drug-likeness (QED) is 0.839. The number of benzene rings is 1. The Morgan fingerprint density at radius 1 is 1.19 bits per heavy atom. The zero-order valence-electron chi connectivity index (χ0n) is 16.3. The van der Waals surface area contributed by atoms with Crippen LogP contribution in [0.1, 0.15) is 61.4 Å². The minimum Gasteiger partial charge on any atom is -0.349 e. The standard InChI is InChI=1S/C21H30N2O3S/c1-14-5-8-18(27(25,26)23-9-3-4-10-23)13-19(14)21(24)22-15(2)20-12-16-6-7-17(20)11-16/h5,8,13,15-17,20H,3-4,6-7,9-12H2,1-2H3,(H,22,24). The second-order valence-corrected chi connectivity index (χ2v) is 10.6. The van der Waals surface area contributed by atoms with Gasteiger partial charge in [-0.2, -0.15) is 4.31 Å². The van der Waals surface area contributed by atoms with Crippen LogP contribution in [0.25, 0.3) is 0 Å². The SMILES string of the molecule is Cc1ccc(S(=O)(=O)N2CCCC2)cc1C(=O)NC(C)C1CC2CCC1C2. The molecule has 4 atom stereocenters. The monoisotopic (exact) mass is 390 g/mol. The normalized spacial score (nSPS) is 29.2. The van der Waals surface area contributed by atoms with E-state index >= 15 is 0 Å². The average Bonchev–Trinajstić information content (AvgIpc) is 3.39. The van der Waals surface area contributed by atoms with Crippen molar-refractivity contribution in [3.05, 3.63) is 29.3 Å². The molecule has 1 aromatic rings. The number of aryl methyl sites for hydroxylation is 1. The first-order chi connectivity index (χ1) is 12.9. The Kier molecular flexibility index (Phi) is 5.06. The van der Waals surface area contributed by atoms with Gasteiger partial charge in [-0.3, -0.25) is 4.79 Å². The molecular formula is C21H30N2O3S. The van der Waals surface area contributed by atoms with Gasteiger partial charge >= 0.3 is 0 Å². The van der Waals surface area contributed by atoms with Gasteiger partial charge in [-0.15, -0.1) is 0 Å². The summed E-state index contributed by atoms with van der Waals surface area (Å²) >= 11 is 0. The van der Waals surface area contributed by atoms with Crippen LogP contribution in [0.15, 0.2) is 23.1 Å². The molecule has 1 amide bonds. The van der Waals surface area contributed by atoms with Gasteiger partial charge in [-0.25, -0.2) is 8.42 Å². The lowest BCUT2D eigenvalue weighted by molar-refractivity contribution is 0.0914. The summed E-state index contributed by atoms with van der Waals surface area (Å²) in [5.41, 5.74) is 1.29. The fourth-order valence-corrected chi connectivity index (χ4v) is 6.93. The van der Waals surface area contributed by atoms with E-state index in [0.717, 1.165) is 30.2 Å². The summed E-state index contributed by atoms with van der Waals surface area (Å²) < 4.78 is 27.2. The highest BCUT2D eigenvalue weighted by Gasteiger charge is 2.42. The molecule has 1 heterocycles. The first-order valence-corrected chi connectivity index (χ1v) is 11.7. The molecule has 5 nitrogen and oxygen atoms in total. The van der Waals surface area contributed by atoms with Gasteiger partial charge in [0.15, 0.2) is 0 Å². The highest BCUT2D eigenvalue weighted by molar-refractivity contribution is 7.89. The van der Waals surface area contributed by atoms with E-state index in [-0.39, 0.29) is 16.8 Å². The van der Waals surface area contributed by atoms with Crippen molar-refractivity contribution < 1.29 is 13.2 Å². The summed E-state index contributed by atoms with van der Waals surface area (Å²) in [4.78, 5) is 13.1. The molecule has 3 fully saturated rings. The molecule has 148 valence electrons. The lowest BCUT2D eigenvalue weighted by Gasteiger charge is -2.28. The average molecular weight is 391 g/mol. The number of carbonyl (C=O) groups is 1. The number of carbonyl (C=O) groups excluding carboxylic acids is 1. The number of hydrogen-bond acceptors (Lipinski definition) is 3. The lowest BCUT2D eigenvalue weighted by Crippen LogP contribution is -2.40. The molecule has 0 radical (unpaired) electrons. The predicted molar refractivity (Wildman–Crippen MR) is 105 cm³/mol. The van der Waals surface area contributed by atoms with Gasteiger partial charge in [0, 0.05) is 24.7 Å². The lowest BCUT2D eigenvalue weighted by atomic mass is 9.84. The van der Waals surface area contributed by atoms with E-state index in [1.807, 2.05) is 6.92 Å². The first-order valence-electron chi connectivity index (χ1n) is 10.3. The van der Waals surface area contributed by atoms with Crippen molar-refractivity contribution >= 4 is 15.9 Å². The Morgan fingerprint density at radius 3 is 2.56 bits per heavy atom. The minimum atomic E-state index is -3.51. The Balaban J connectivity index is 1.51. The van der Waals surface area contributed by atoms with Gasteiger partial charge < -0.3 is 5.32 Å². The maximum Gasteiger partial charge on any atom is 0.251 e. The van der Waals surface area contributed by atoms with Crippen LogP contribution in [0.3, 0.4) is 0 Å². The maximum absolute atomic E-state index is 12.9. The van der Waals surface area contributed by atoms with E-state index in [2.05, 4.69) is 12.2 Å². The third kappa shape index (κ3) is 3.54. The summed E-state index contributed by atoms with van der Waals surface area (Å²) in [6.07, 6.45) is 6.97. The van der Waals surface area contributed by atoms with Crippen molar-refractivity contribution in [1.29, 1.82) is 0 Å². The second kappa shape index (κ2) is 7.21. The topological polar surface area (TPSA) is 66.5 Å². The van der Waals surface area contributed by atoms with E-state index in [1.54, 1.807) is 18.2 Å². The van der Waals surface area contributed by atoms with Crippen molar-refractivity contribution in [2.75, 3.05) is 13.1 Å². The van der Waals surface area contributed by atoms with Crippen LogP contribution >= 0.6 is 0 Å². The highest BCUT2D eigenvalue weighted by atomic mass is 32.2. The van der Waals surface area contributed by atoms with Gasteiger partial charge in [0.05, 0.1) is 4.90 Å². The van der Waals surface area contributed by atoms with Crippen molar-refractivity contribution in [2.45, 2.75) is 63.3 Å². The van der Waals surface area contributed by atoms with Crippen molar-refractivity contribution in [2.24, 2.45) is 17.8 Å². The van der Waals surface area contributed by atoms with Crippen molar-refractivity contribution in [1.82, 2.24) is 9.62 Å². The third-order valence-corrected chi connectivity index (χ3v) is 8.84. The van der Waals surface area contributed by atoms with E-state index in [4.69, 9.17) is 0 Å². The van der Waals surface area contributed by atoms with E-state index in [9.17, 15) is 13.2 Å². The van der Waals surface area contributed by atoms with Crippen molar-refractivity contribution in [3.63, 3.8) is 0 Å². The smallest absolute Gasteiger partial charge is 0.251 e. The molecule has 1 N–H and O–H groups in total. The highest BCUT2D eigenvalue weighted by Crippen LogP contribution is 2.49. The largest absolute Gasteiger partial charge is 0.349 e. The predicted octanol–water partition coefficient (Wildman–Crippen LogP) is 3.33. The Labute approximate surface area is 162 Å². The van der Waals surface area contributed by atoms with Crippen molar-refractivity contribution in [3.8, 4) is 0 Å². The Morgan fingerprint density at radius 2 is 1.93 bits per heavy atom. The van der Waals surface area contributed by atoms with Gasteiger partial charge in [0.2, 0.25) is 10.0 Å². The molecule has 3 aliphatic rings. The molecule has 0 aromatic heterocycles. The number of hydrogen-bond donors (Lipinski definition) is 1. The number of rotatable bonds is 5. The van der Waals surface area contributed by atoms with Gasteiger partial charge in [0.1, 0.15) is 0 Å². The Bertz CT molecular complexity index is 830. The number of sulfonamides is 1. The number of amides is 1. The molecular weight excluding hydrogens is 360 g/mol. The third-order valence-electron chi connectivity index (χ3n) is 6.95. The molecule has 2 bridgehead atoms. The fraction of sp³-hybridized carbons (Fsp3) is 0.667. The zero-order chi connectivity index (χ0) is 19.2. The van der Waals surface area contributed by atoms with E-state index < -0.39 is 10.0 Å². The number of fused-ring (bicyclic) bond motifs is 2. The fourth-order valence-electron chi connectivity index (χ4n) is 5.38. The molecule has 1 aromatic carbocycles. The molecule has 4 rings (SSSR count). The second-order valence-electron chi connectivity index (χ2n) is 8.69. The summed E-state index contributed by atoms with van der Waals surface area (Å²) in [6, 6.07) is 5.07. The van der Waals surface area contributed by atoms with Gasteiger partial charge in [-0.1, -0.05) is 12.5 Å². The van der Waals surface area contributed by atoms with Crippen LogP contribution in [-0.4, -0.2) is 37.8 Å². The zero-order valence-corrected chi connectivity index (χ0v) is 17.1. The number of nitrogens with one attached hydrogen (secondary N) is 1. The molecule has 1 saturated heterocycles. The van der Waals surface area contributed by atoms with Gasteiger partial charge in [-0.05, 0) is 81.4 Å². The maximum atomic E-state index is 12.9. The Hall–Kier alpha value is -1.40. The van der Waals surface area contributed by atoms with Crippen LogP contribution in [0.2, 0.25) is 0 Å². The van der Waals surface area contributed by atoms with Crippen LogP contribution in [-0.2, 0) is 10.0 Å². The molecule has 4 unspecified atom stereocenters. The molecule has 27 heavy (non-hydrogen) atoms. The van der Waals surface area contributed by atoms with E-state index in [0.29, 0.717) is 24.6 Å². The molecule has 0 spiro atoms. The molecule has 1 aliphatic heterocycles. The van der Waals surface area contributed by atoms with Crippen LogP contribution in [0.4, 0.5) is 0 Å². The number of nitrogens with zero attached hydrogens (tertiary/aromatic N) is 1. The van der Waals surface area contributed by atoms with Crippen LogP contribution in [0, 0.1) is 24.7 Å². The van der Waals surface area contributed by atoms with E-state index in [1.165, 1.54) is 30.0 Å².